The first-order valence-electron chi connectivity index (χ1n) is 6.21. The predicted molar refractivity (Wildman–Crippen MR) is 77.0 cm³/mol. The summed E-state index contributed by atoms with van der Waals surface area (Å²) in [6, 6.07) is 10.6. The number of hydrogen-bond donors (Lipinski definition) is 1. The van der Waals surface area contributed by atoms with E-state index in [1.165, 1.54) is 12.1 Å². The largest absolute Gasteiger partial charge is 0.377 e. The van der Waals surface area contributed by atoms with Gasteiger partial charge in [-0.05, 0) is 36.8 Å². The molecule has 1 unspecified atom stereocenters. The Hall–Kier alpha value is -2.10. The second-order valence-electron chi connectivity index (χ2n) is 4.72. The number of benzene rings is 1. The molecule has 0 saturated carbocycles. The monoisotopic (exact) mass is 259 g/mol. The molecule has 0 amide bonds. The predicted octanol–water partition coefficient (Wildman–Crippen LogP) is 3.46. The van der Waals surface area contributed by atoms with Gasteiger partial charge in [0, 0.05) is 20.1 Å². The van der Waals surface area contributed by atoms with Gasteiger partial charge in [-0.1, -0.05) is 12.1 Å². The average Bonchev–Trinajstić information content (AvgIpc) is 2.40. The van der Waals surface area contributed by atoms with Crippen LogP contribution in [-0.2, 0) is 0 Å². The number of halogens is 1. The molecule has 1 N–H and O–H groups in total. The van der Waals surface area contributed by atoms with Crippen molar-refractivity contribution in [3.63, 3.8) is 0 Å². The van der Waals surface area contributed by atoms with Crippen LogP contribution in [0.15, 0.2) is 42.6 Å². The molecule has 100 valence electrons. The molecule has 2 aromatic rings. The molecule has 0 aliphatic heterocycles. The number of pyridine rings is 1. The Balaban J connectivity index is 2.06. The van der Waals surface area contributed by atoms with Crippen LogP contribution in [-0.4, -0.2) is 19.1 Å². The van der Waals surface area contributed by atoms with Gasteiger partial charge in [-0.3, -0.25) is 0 Å². The number of nitrogens with zero attached hydrogens (tertiary/aromatic N) is 2. The molecule has 4 heteroatoms. The zero-order chi connectivity index (χ0) is 13.8. The average molecular weight is 259 g/mol. The minimum atomic E-state index is -0.215. The maximum Gasteiger partial charge on any atom is 0.128 e. The number of hydrogen-bond acceptors (Lipinski definition) is 3. The summed E-state index contributed by atoms with van der Waals surface area (Å²) in [5.41, 5.74) is 1.99. The Morgan fingerprint density at radius 2 is 1.79 bits per heavy atom. The summed E-state index contributed by atoms with van der Waals surface area (Å²) in [6.45, 7) is 2.03. The van der Waals surface area contributed by atoms with Gasteiger partial charge in [-0.15, -0.1) is 0 Å². The van der Waals surface area contributed by atoms with Gasteiger partial charge in [0.25, 0.3) is 0 Å². The van der Waals surface area contributed by atoms with Gasteiger partial charge in [-0.25, -0.2) is 9.37 Å². The molecule has 19 heavy (non-hydrogen) atoms. The van der Waals surface area contributed by atoms with Crippen molar-refractivity contribution in [3.05, 3.63) is 54.0 Å². The molecule has 0 aliphatic carbocycles. The number of aromatic nitrogens is 1. The normalized spacial score (nSPS) is 12.0. The van der Waals surface area contributed by atoms with Gasteiger partial charge in [0.1, 0.15) is 11.6 Å². The van der Waals surface area contributed by atoms with E-state index in [9.17, 15) is 4.39 Å². The number of rotatable bonds is 4. The van der Waals surface area contributed by atoms with Crippen molar-refractivity contribution in [1.82, 2.24) is 4.98 Å². The standard InChI is InChI=1S/C15H18FN3/c1-11(12-4-6-13(16)7-5-12)18-14-8-9-15(17-10-14)19(2)3/h4-11,18H,1-3H3. The number of anilines is 2. The summed E-state index contributed by atoms with van der Waals surface area (Å²) in [4.78, 5) is 6.29. The molecule has 1 aromatic heterocycles. The van der Waals surface area contributed by atoms with Gasteiger partial charge < -0.3 is 10.2 Å². The third-order valence-electron chi connectivity index (χ3n) is 2.96. The Kier molecular flexibility index (Phi) is 4.00. The topological polar surface area (TPSA) is 28.2 Å². The molecule has 0 fully saturated rings. The first kappa shape index (κ1) is 13.3. The van der Waals surface area contributed by atoms with Crippen LogP contribution in [0.2, 0.25) is 0 Å². The third kappa shape index (κ3) is 3.44. The summed E-state index contributed by atoms with van der Waals surface area (Å²) in [7, 11) is 3.91. The Morgan fingerprint density at radius 1 is 1.11 bits per heavy atom. The van der Waals surface area contributed by atoms with E-state index < -0.39 is 0 Å². The highest BCUT2D eigenvalue weighted by molar-refractivity contribution is 5.49. The highest BCUT2D eigenvalue weighted by Crippen LogP contribution is 2.20. The van der Waals surface area contributed by atoms with Crippen LogP contribution in [0, 0.1) is 5.82 Å². The SMILES string of the molecule is CC(Nc1ccc(N(C)C)nc1)c1ccc(F)cc1. The maximum absolute atomic E-state index is 12.9. The van der Waals surface area contributed by atoms with Crippen LogP contribution in [0.5, 0.6) is 0 Å². The number of nitrogens with one attached hydrogen (secondary N) is 1. The van der Waals surface area contributed by atoms with Crippen molar-refractivity contribution in [2.75, 3.05) is 24.3 Å². The Bertz CT molecular complexity index is 520. The van der Waals surface area contributed by atoms with Crippen molar-refractivity contribution in [2.24, 2.45) is 0 Å². The molecule has 0 saturated heterocycles. The van der Waals surface area contributed by atoms with E-state index >= 15 is 0 Å². The van der Waals surface area contributed by atoms with E-state index in [-0.39, 0.29) is 11.9 Å². The van der Waals surface area contributed by atoms with Crippen LogP contribution in [0.4, 0.5) is 15.9 Å². The molecule has 0 radical (unpaired) electrons. The van der Waals surface area contributed by atoms with Gasteiger partial charge in [0.15, 0.2) is 0 Å². The lowest BCUT2D eigenvalue weighted by Gasteiger charge is -2.17. The fourth-order valence-corrected chi connectivity index (χ4v) is 1.82. The van der Waals surface area contributed by atoms with Crippen LogP contribution >= 0.6 is 0 Å². The first-order chi connectivity index (χ1) is 9.06. The summed E-state index contributed by atoms with van der Waals surface area (Å²) in [5.74, 6) is 0.702. The molecule has 1 atom stereocenters. The second-order valence-corrected chi connectivity index (χ2v) is 4.72. The van der Waals surface area contributed by atoms with Crippen LogP contribution in [0.25, 0.3) is 0 Å². The lowest BCUT2D eigenvalue weighted by atomic mass is 10.1. The second kappa shape index (κ2) is 5.69. The van der Waals surface area contributed by atoms with Gasteiger partial charge in [-0.2, -0.15) is 0 Å². The third-order valence-corrected chi connectivity index (χ3v) is 2.96. The molecule has 1 heterocycles. The summed E-state index contributed by atoms with van der Waals surface area (Å²) >= 11 is 0. The van der Waals surface area contributed by atoms with Crippen molar-refractivity contribution in [2.45, 2.75) is 13.0 Å². The van der Waals surface area contributed by atoms with E-state index in [0.717, 1.165) is 17.1 Å². The molecule has 1 aromatic carbocycles. The van der Waals surface area contributed by atoms with Crippen molar-refractivity contribution in [1.29, 1.82) is 0 Å². The highest BCUT2D eigenvalue weighted by Gasteiger charge is 2.06. The van der Waals surface area contributed by atoms with Gasteiger partial charge in [0.2, 0.25) is 0 Å². The van der Waals surface area contributed by atoms with E-state index in [4.69, 9.17) is 0 Å². The molecule has 0 aliphatic rings. The molecular formula is C15H18FN3. The molecular weight excluding hydrogens is 241 g/mol. The first-order valence-corrected chi connectivity index (χ1v) is 6.21. The van der Waals surface area contributed by atoms with E-state index in [2.05, 4.69) is 10.3 Å². The Labute approximate surface area is 113 Å². The fraction of sp³-hybridized carbons (Fsp3) is 0.267. The van der Waals surface area contributed by atoms with Crippen LogP contribution < -0.4 is 10.2 Å². The van der Waals surface area contributed by atoms with E-state index in [1.807, 2.05) is 38.1 Å². The summed E-state index contributed by atoms with van der Waals surface area (Å²) in [5, 5.41) is 3.34. The fourth-order valence-electron chi connectivity index (χ4n) is 1.82. The quantitative estimate of drug-likeness (QED) is 0.911. The molecule has 0 spiro atoms. The zero-order valence-corrected chi connectivity index (χ0v) is 11.4. The zero-order valence-electron chi connectivity index (χ0n) is 11.4. The van der Waals surface area contributed by atoms with E-state index in [1.54, 1.807) is 18.3 Å². The molecule has 2 rings (SSSR count). The van der Waals surface area contributed by atoms with Crippen LogP contribution in [0.3, 0.4) is 0 Å². The van der Waals surface area contributed by atoms with Crippen molar-refractivity contribution >= 4 is 11.5 Å². The van der Waals surface area contributed by atoms with Crippen LogP contribution in [0.1, 0.15) is 18.5 Å². The van der Waals surface area contributed by atoms with Crippen molar-refractivity contribution < 1.29 is 4.39 Å². The highest BCUT2D eigenvalue weighted by atomic mass is 19.1. The van der Waals surface area contributed by atoms with Gasteiger partial charge >= 0.3 is 0 Å². The van der Waals surface area contributed by atoms with Gasteiger partial charge in [0.05, 0.1) is 11.9 Å². The minimum Gasteiger partial charge on any atom is -0.377 e. The molecule has 3 nitrogen and oxygen atoms in total. The lowest BCUT2D eigenvalue weighted by molar-refractivity contribution is 0.626. The van der Waals surface area contributed by atoms with Crippen molar-refractivity contribution in [3.8, 4) is 0 Å². The summed E-state index contributed by atoms with van der Waals surface area (Å²) in [6.07, 6.45) is 1.80. The lowest BCUT2D eigenvalue weighted by Crippen LogP contribution is -2.11. The summed E-state index contributed by atoms with van der Waals surface area (Å²) < 4.78 is 12.9. The van der Waals surface area contributed by atoms with E-state index in [0.29, 0.717) is 0 Å². The smallest absolute Gasteiger partial charge is 0.128 e. The molecule has 0 bridgehead atoms. The maximum atomic E-state index is 12.9. The minimum absolute atomic E-state index is 0.104. The Morgan fingerprint density at radius 3 is 2.32 bits per heavy atom.